The molecule has 0 amide bonds. The van der Waals surface area contributed by atoms with Crippen LogP contribution in [0.4, 0.5) is 0 Å². The minimum atomic E-state index is 0. The van der Waals surface area contributed by atoms with Gasteiger partial charge in [0.1, 0.15) is 0 Å². The van der Waals surface area contributed by atoms with Gasteiger partial charge in [0, 0.05) is 0 Å². The first-order chi connectivity index (χ1) is 21.6. The summed E-state index contributed by atoms with van der Waals surface area (Å²) in [5, 5.41) is 0. The summed E-state index contributed by atoms with van der Waals surface area (Å²) in [5.41, 5.74) is 20.1. The second-order valence-corrected chi connectivity index (χ2v) is 13.5. The number of hydrogen-bond acceptors (Lipinski definition) is 0. The Hall–Kier alpha value is -3.26. The van der Waals surface area contributed by atoms with Gasteiger partial charge in [0.2, 0.25) is 0 Å². The maximum Gasteiger partial charge on any atom is -0.0125 e. The van der Waals surface area contributed by atoms with Crippen LogP contribution in [0.1, 0.15) is 63.4 Å². The van der Waals surface area contributed by atoms with E-state index in [1.807, 2.05) is 18.2 Å². The number of hydrogen-bond donors (Lipinski definition) is 0. The second kappa shape index (κ2) is 17.2. The van der Waals surface area contributed by atoms with E-state index in [-0.39, 0.29) is 24.8 Å². The summed E-state index contributed by atoms with van der Waals surface area (Å²) in [6.07, 6.45) is 11.0. The van der Waals surface area contributed by atoms with Crippen LogP contribution in [-0.4, -0.2) is 3.81 Å². The van der Waals surface area contributed by atoms with Crippen molar-refractivity contribution in [3.63, 3.8) is 0 Å². The van der Waals surface area contributed by atoms with Crippen molar-refractivity contribution in [2.45, 2.75) is 61.3 Å². The van der Waals surface area contributed by atoms with Gasteiger partial charge in [-0.1, -0.05) is 81.4 Å². The monoisotopic (exact) mass is 688 g/mol. The van der Waals surface area contributed by atoms with Gasteiger partial charge in [0.15, 0.2) is 0 Å². The van der Waals surface area contributed by atoms with Crippen LogP contribution in [0.2, 0.25) is 0 Å². The van der Waals surface area contributed by atoms with E-state index in [0.717, 1.165) is 12.8 Å². The van der Waals surface area contributed by atoms with E-state index in [9.17, 15) is 0 Å². The Morgan fingerprint density at radius 3 is 1.68 bits per heavy atom. The summed E-state index contributed by atoms with van der Waals surface area (Å²) < 4.78 is 1.37. The molecule has 2 aliphatic rings. The third kappa shape index (κ3) is 9.22. The molecule has 0 radical (unpaired) electrons. The Labute approximate surface area is 306 Å². The molecule has 3 heteroatoms. The van der Waals surface area contributed by atoms with Crippen LogP contribution in [0.25, 0.3) is 33.4 Å². The van der Waals surface area contributed by atoms with Crippen molar-refractivity contribution in [1.82, 2.24) is 0 Å². The smallest absolute Gasteiger partial charge is 0.0125 e. The average Bonchev–Trinajstić information content (AvgIpc) is 3.69. The number of aryl methyl sites for hydroxylation is 6. The maximum atomic E-state index is 3.62. The molecule has 5 aromatic rings. The molecular weight excluding hydrogens is 647 g/mol. The summed E-state index contributed by atoms with van der Waals surface area (Å²) in [7, 11) is 0. The Bertz CT molecular complexity index is 1770. The van der Waals surface area contributed by atoms with E-state index in [1.54, 1.807) is 0 Å². The van der Waals surface area contributed by atoms with Crippen LogP contribution in [-0.2, 0) is 26.4 Å². The van der Waals surface area contributed by atoms with Gasteiger partial charge in [0.25, 0.3) is 0 Å². The Morgan fingerprint density at radius 2 is 1.21 bits per heavy atom. The Kier molecular flexibility index (Phi) is 14.0. The molecule has 0 fully saturated rings. The molecule has 5 aromatic carbocycles. The summed E-state index contributed by atoms with van der Waals surface area (Å²) in [4.78, 5) is 0. The fourth-order valence-corrected chi connectivity index (χ4v) is 6.94. The molecule has 7 rings (SSSR count). The van der Waals surface area contributed by atoms with Crippen LogP contribution in [0.5, 0.6) is 0 Å². The summed E-state index contributed by atoms with van der Waals surface area (Å²) >= 11 is 2.12. The quantitative estimate of drug-likeness (QED) is 0.174. The third-order valence-corrected chi connectivity index (χ3v) is 8.97. The molecular formula is C44H42Cl2Ti-2. The molecule has 0 N–H and O–H groups in total. The largest absolute Gasteiger partial charge is 1.00 e. The molecule has 238 valence electrons. The standard InChI is InChI=1S/C31H29.C8H8.C5H5.2ClH.Ti/c1-18-11-20(3)30(21(4)12-18)26-9-7-24-15-25-8-10-27(17-29(25)28(24)16-26)31-22(5)13-19(2)14-23(31)6;1-2-8-6-4-3-5-7-8;1-2-4-5-3-1;;;/h7,9-14,16-17H,15H2,1-6H3;3-7H,1H3;1-3H,4H2;2*1H;/q-1;;-1;;;+2/p-2. The molecule has 0 heterocycles. The SMILES string of the molecule is C[C](=[Ti+2])c1ccccc1.Cc1cc(C)c(-c2c[c-]c3c(c2)-c2cc(-c4c(C)cc(C)cc4C)ccc2C3)c(C)c1.[C-]1=CC=CC1.[Cl-].[Cl-]. The zero-order valence-electron chi connectivity index (χ0n) is 28.5. The fraction of sp³-hybridized carbons (Fsp3) is 0.205. The minimum absolute atomic E-state index is 0. The normalized spacial score (nSPS) is 11.6. The first kappa shape index (κ1) is 38.2. The Morgan fingerprint density at radius 1 is 0.660 bits per heavy atom. The van der Waals surface area contributed by atoms with Crippen molar-refractivity contribution in [2.75, 3.05) is 0 Å². The molecule has 0 bridgehead atoms. The number of rotatable bonds is 3. The first-order valence-corrected chi connectivity index (χ1v) is 16.6. The van der Waals surface area contributed by atoms with Crippen LogP contribution in [0.3, 0.4) is 0 Å². The van der Waals surface area contributed by atoms with Crippen molar-refractivity contribution >= 4 is 3.81 Å². The van der Waals surface area contributed by atoms with Crippen LogP contribution in [0, 0.1) is 53.7 Å². The molecule has 0 nitrogen and oxygen atoms in total. The van der Waals surface area contributed by atoms with Crippen molar-refractivity contribution in [3.05, 3.63) is 165 Å². The van der Waals surface area contributed by atoms with Gasteiger partial charge in [-0.2, -0.15) is 29.8 Å². The van der Waals surface area contributed by atoms with E-state index in [4.69, 9.17) is 0 Å². The van der Waals surface area contributed by atoms with Gasteiger partial charge >= 0.3 is 66.6 Å². The summed E-state index contributed by atoms with van der Waals surface area (Å²) in [5.74, 6) is 0. The molecule has 0 saturated heterocycles. The van der Waals surface area contributed by atoms with Crippen LogP contribution >= 0.6 is 0 Å². The van der Waals surface area contributed by atoms with Crippen LogP contribution in [0.15, 0.2) is 103 Å². The first-order valence-electron chi connectivity index (χ1n) is 15.8. The number of allylic oxidation sites excluding steroid dienone is 4. The van der Waals surface area contributed by atoms with Gasteiger partial charge in [-0.15, -0.1) is 17.5 Å². The maximum absolute atomic E-state index is 3.62. The minimum Gasteiger partial charge on any atom is -1.00 e. The number of benzene rings is 5. The fourth-order valence-electron chi connectivity index (χ4n) is 6.68. The van der Waals surface area contributed by atoms with E-state index in [0.29, 0.717) is 0 Å². The van der Waals surface area contributed by atoms with E-state index < -0.39 is 0 Å². The van der Waals surface area contributed by atoms with Crippen LogP contribution < -0.4 is 24.8 Å². The average molecular weight is 690 g/mol. The molecule has 47 heavy (non-hydrogen) atoms. The van der Waals surface area contributed by atoms with E-state index >= 15 is 0 Å². The number of halogens is 2. The zero-order valence-corrected chi connectivity index (χ0v) is 31.6. The van der Waals surface area contributed by atoms with Crippen molar-refractivity contribution < 1.29 is 44.8 Å². The van der Waals surface area contributed by atoms with Crippen molar-refractivity contribution in [3.8, 4) is 33.4 Å². The van der Waals surface area contributed by atoms with Gasteiger partial charge in [-0.3, -0.25) is 6.08 Å². The van der Waals surface area contributed by atoms with E-state index in [1.165, 1.54) is 87.3 Å². The van der Waals surface area contributed by atoms with Crippen molar-refractivity contribution in [1.29, 1.82) is 0 Å². The predicted molar refractivity (Wildman–Crippen MR) is 191 cm³/mol. The molecule has 0 saturated carbocycles. The molecule has 0 spiro atoms. The summed E-state index contributed by atoms with van der Waals surface area (Å²) in [6, 6.07) is 34.7. The Balaban J connectivity index is 0.000000312. The second-order valence-electron chi connectivity index (χ2n) is 12.4. The topological polar surface area (TPSA) is 0 Å². The summed E-state index contributed by atoms with van der Waals surface area (Å²) in [6.45, 7) is 15.4. The van der Waals surface area contributed by atoms with Gasteiger partial charge in [-0.05, 0) is 70.2 Å². The molecule has 2 aliphatic carbocycles. The predicted octanol–water partition coefficient (Wildman–Crippen LogP) is 5.33. The third-order valence-electron chi connectivity index (χ3n) is 8.52. The molecule has 0 unspecified atom stereocenters. The van der Waals surface area contributed by atoms with Gasteiger partial charge < -0.3 is 24.8 Å². The number of fused-ring (bicyclic) bond motifs is 3. The van der Waals surface area contributed by atoms with Gasteiger partial charge in [-0.25, -0.2) is 12.2 Å². The molecule has 0 aliphatic heterocycles. The zero-order chi connectivity index (χ0) is 32.1. The van der Waals surface area contributed by atoms with E-state index in [2.05, 4.69) is 166 Å². The molecule has 0 aromatic heterocycles. The van der Waals surface area contributed by atoms with Crippen molar-refractivity contribution in [2.24, 2.45) is 0 Å². The molecule has 0 atom stereocenters. The van der Waals surface area contributed by atoms with Gasteiger partial charge in [0.05, 0.1) is 0 Å².